The van der Waals surface area contributed by atoms with Gasteiger partial charge in [-0.3, -0.25) is 28.8 Å². The zero-order valence-electron chi connectivity index (χ0n) is 62.8. The summed E-state index contributed by atoms with van der Waals surface area (Å²) in [5, 5.41) is 6.50. The van der Waals surface area contributed by atoms with Crippen LogP contribution in [0.2, 0.25) is 0 Å². The van der Waals surface area contributed by atoms with E-state index >= 15 is 0 Å². The molecule has 0 radical (unpaired) electrons. The van der Waals surface area contributed by atoms with E-state index in [0.29, 0.717) is 44.2 Å². The summed E-state index contributed by atoms with van der Waals surface area (Å²) in [5.41, 5.74) is -0.873. The molecule has 0 aromatic heterocycles. The van der Waals surface area contributed by atoms with Crippen LogP contribution in [0.1, 0.15) is 196 Å². The molecule has 0 N–H and O–H groups in total. The third-order valence-corrected chi connectivity index (χ3v) is 13.3. The Kier molecular flexibility index (Phi) is 77.8. The number of hydrogen-bond acceptors (Lipinski definition) is 15. The monoisotopic (exact) mass is 1300 g/mol. The average Bonchev–Trinajstić information content (AvgIpc) is 3.80. The van der Waals surface area contributed by atoms with Gasteiger partial charge in [0.1, 0.15) is 11.7 Å². The molecule has 3 fully saturated rings. The van der Waals surface area contributed by atoms with Crippen molar-refractivity contribution >= 4 is 41.5 Å². The standard InChI is InChI=1S/C11H21NO2.C10H19NO2.C8H17NO2.C8H17NO.C7H15NO2.C6H12O.C5H11NO2.C5H12O.C4H9NO.C2H6.CHN.CH4/c1-4-12(3)11(13)9(2)10-5-7-14-8-6-10;1-3-11(2)10(12)8-9-4-6-13-7-5-9;1-6-11-8(2,3)7(10)9(4)5;1-6-8(2,3)7(10)9(4)5;1-5-10-6(2)7(9)8(3)4;1-2-5-7-6-3-4-6;1-4-8-5(7)6(2)3;1-3-5-6-4-2;1-4(6)5(2)3;2*1-2;/h9-10H,4-8H2,1-3H3;9H,3-8H2,1-2H3;6H2,1-5H3;6H2,1-5H3;6H,5H2,1-4H3;6H,2-5H2,1H3;4H2,1-3H3;3-5H2,1-2H3;1-3H3;1-2H3;1H;1H4. The van der Waals surface area contributed by atoms with Gasteiger partial charge in [0.15, 0.2) is 0 Å². The summed E-state index contributed by atoms with van der Waals surface area (Å²) in [6.45, 7) is 47.4. The van der Waals surface area contributed by atoms with Gasteiger partial charge in [-0.05, 0) is 132 Å². The molecule has 1 saturated carbocycles. The van der Waals surface area contributed by atoms with E-state index in [1.807, 2.05) is 90.3 Å². The van der Waals surface area contributed by atoms with Crippen LogP contribution in [-0.2, 0) is 61.9 Å². The SMILES string of the molecule is C.C#N.CC.CC(=O)N(C)C.CCC(C)(C)C(=O)N(C)C.CCCOC1CC1.CCCOCC.CCN(C)C(=O)C(C)C1CCOCC1.CCN(C)C(=O)CC1CCOCC1.CCOC(=O)N(C)C.CCOC(C)(C)C(=O)N(C)C.CCOC(C)C(=O)N(C)C. The number of likely N-dealkylation sites (N-methyl/N-ethyl adjacent to an activating group) is 2. The zero-order chi connectivity index (χ0) is 71.5. The van der Waals surface area contributed by atoms with Crippen molar-refractivity contribution in [3.05, 3.63) is 0 Å². The summed E-state index contributed by atoms with van der Waals surface area (Å²) in [4.78, 5) is 88.8. The van der Waals surface area contributed by atoms with Gasteiger partial charge in [-0.2, -0.15) is 0 Å². The number of amides is 7. The number of carbonyl (C=O) groups is 7. The molecule has 0 bridgehead atoms. The Morgan fingerprint density at radius 2 is 0.989 bits per heavy atom. The van der Waals surface area contributed by atoms with Crippen LogP contribution in [0.25, 0.3) is 0 Å². The molecule has 3 aliphatic rings. The summed E-state index contributed by atoms with van der Waals surface area (Å²) in [5.74, 6) is 2.09. The van der Waals surface area contributed by atoms with Crippen molar-refractivity contribution in [3.63, 3.8) is 0 Å². The van der Waals surface area contributed by atoms with Gasteiger partial charge in [0, 0.05) is 188 Å². The molecule has 2 heterocycles. The summed E-state index contributed by atoms with van der Waals surface area (Å²) < 4.78 is 35.7. The molecular formula is C68H144N8O14. The normalized spacial score (nSPS) is 13.5. The van der Waals surface area contributed by atoms with Crippen LogP contribution in [-0.4, -0.2) is 257 Å². The van der Waals surface area contributed by atoms with Crippen molar-refractivity contribution in [2.24, 2.45) is 23.2 Å². The Labute approximate surface area is 553 Å². The Morgan fingerprint density at radius 3 is 1.27 bits per heavy atom. The van der Waals surface area contributed by atoms with Gasteiger partial charge >= 0.3 is 6.09 Å². The van der Waals surface area contributed by atoms with E-state index in [4.69, 9.17) is 33.7 Å². The van der Waals surface area contributed by atoms with Crippen LogP contribution >= 0.6 is 0 Å². The van der Waals surface area contributed by atoms with Gasteiger partial charge in [-0.1, -0.05) is 62.8 Å². The van der Waals surface area contributed by atoms with Gasteiger partial charge in [0.05, 0.1) is 12.7 Å². The van der Waals surface area contributed by atoms with E-state index in [1.165, 1.54) is 39.4 Å². The summed E-state index contributed by atoms with van der Waals surface area (Å²) in [6, 6.07) is 0. The maximum Gasteiger partial charge on any atom is 0.409 e. The molecule has 7 amide bonds. The first-order valence-corrected chi connectivity index (χ1v) is 32.5. The van der Waals surface area contributed by atoms with Crippen molar-refractivity contribution in [1.29, 1.82) is 5.26 Å². The van der Waals surface area contributed by atoms with E-state index in [9.17, 15) is 33.6 Å². The predicted octanol–water partition coefficient (Wildman–Crippen LogP) is 11.3. The highest BCUT2D eigenvalue weighted by Crippen LogP contribution is 2.25. The fourth-order valence-corrected chi connectivity index (χ4v) is 6.91. The first kappa shape index (κ1) is 104. The smallest absolute Gasteiger partial charge is 0.409 e. The predicted molar refractivity (Wildman–Crippen MR) is 370 cm³/mol. The summed E-state index contributed by atoms with van der Waals surface area (Å²) >= 11 is 0. The molecule has 0 spiro atoms. The molecule has 0 aromatic rings. The molecule has 90 heavy (non-hydrogen) atoms. The van der Waals surface area contributed by atoms with E-state index in [0.717, 1.165) is 104 Å². The van der Waals surface area contributed by atoms with Crippen LogP contribution in [0.3, 0.4) is 0 Å². The van der Waals surface area contributed by atoms with Crippen molar-refractivity contribution in [3.8, 4) is 6.57 Å². The van der Waals surface area contributed by atoms with Crippen molar-refractivity contribution in [2.45, 2.75) is 214 Å². The zero-order valence-corrected chi connectivity index (χ0v) is 62.8. The van der Waals surface area contributed by atoms with E-state index < -0.39 is 5.60 Å². The first-order valence-electron chi connectivity index (χ1n) is 32.5. The molecule has 2 unspecified atom stereocenters. The number of hydrogen-bond donors (Lipinski definition) is 0. The third kappa shape index (κ3) is 63.5. The number of carbonyl (C=O) groups excluding carboxylic acids is 7. The third-order valence-electron chi connectivity index (χ3n) is 13.3. The Bertz CT molecular complexity index is 1710. The molecule has 2 aliphatic heterocycles. The number of nitriles is 1. The van der Waals surface area contributed by atoms with Gasteiger partial charge in [0.25, 0.3) is 11.8 Å². The van der Waals surface area contributed by atoms with Crippen LogP contribution < -0.4 is 0 Å². The van der Waals surface area contributed by atoms with E-state index in [2.05, 4.69) is 25.2 Å². The van der Waals surface area contributed by atoms with Crippen LogP contribution in [0.15, 0.2) is 0 Å². The van der Waals surface area contributed by atoms with Gasteiger partial charge < -0.3 is 67.5 Å². The van der Waals surface area contributed by atoms with Crippen molar-refractivity contribution in [2.75, 3.05) is 164 Å². The molecule has 540 valence electrons. The first-order chi connectivity index (χ1) is 41.5. The Morgan fingerprint density at radius 1 is 0.556 bits per heavy atom. The molecule has 1 aliphatic carbocycles. The lowest BCUT2D eigenvalue weighted by atomic mass is 9.86. The molecule has 22 nitrogen and oxygen atoms in total. The van der Waals surface area contributed by atoms with Crippen LogP contribution in [0.4, 0.5) is 4.79 Å². The Hall–Kier alpha value is -4.66. The topological polar surface area (TPSA) is 231 Å². The highest BCUT2D eigenvalue weighted by molar-refractivity contribution is 5.84. The van der Waals surface area contributed by atoms with Crippen molar-refractivity contribution < 1.29 is 66.7 Å². The quantitative estimate of drug-likeness (QED) is 0.0973. The second-order valence-electron chi connectivity index (χ2n) is 22.9. The lowest BCUT2D eigenvalue weighted by Crippen LogP contribution is -2.43. The van der Waals surface area contributed by atoms with Crippen LogP contribution in [0, 0.1) is 35.0 Å². The summed E-state index contributed by atoms with van der Waals surface area (Å²) in [6.07, 6.45) is 10.7. The second kappa shape index (κ2) is 67.2. The summed E-state index contributed by atoms with van der Waals surface area (Å²) in [7, 11) is 21.0. The lowest BCUT2D eigenvalue weighted by Gasteiger charge is -2.29. The fraction of sp³-hybridized carbons (Fsp3) is 0.882. The molecule has 2 atom stereocenters. The number of ether oxygens (including phenoxy) is 7. The molecule has 0 aromatic carbocycles. The van der Waals surface area contributed by atoms with Gasteiger partial charge in [0.2, 0.25) is 23.6 Å². The fourth-order valence-electron chi connectivity index (χ4n) is 6.91. The Balaban J connectivity index is -0.000000118. The minimum atomic E-state index is -0.682. The van der Waals surface area contributed by atoms with Gasteiger partial charge in [-0.25, -0.2) is 10.1 Å². The molecule has 2 saturated heterocycles. The van der Waals surface area contributed by atoms with Crippen molar-refractivity contribution in [1.82, 2.24) is 34.3 Å². The number of nitrogens with zero attached hydrogens (tertiary/aromatic N) is 8. The minimum absolute atomic E-state index is 0. The molecular weight excluding hydrogens is 1150 g/mol. The maximum atomic E-state index is 11.9. The molecule has 22 heteroatoms. The lowest BCUT2D eigenvalue weighted by molar-refractivity contribution is -0.151. The van der Waals surface area contributed by atoms with Crippen LogP contribution in [0.5, 0.6) is 0 Å². The maximum absolute atomic E-state index is 11.9. The van der Waals surface area contributed by atoms with E-state index in [1.54, 1.807) is 113 Å². The minimum Gasteiger partial charge on any atom is -0.450 e. The number of rotatable bonds is 21. The largest absolute Gasteiger partial charge is 0.450 e. The van der Waals surface area contributed by atoms with E-state index in [-0.39, 0.29) is 66.4 Å². The van der Waals surface area contributed by atoms with Gasteiger partial charge in [-0.15, -0.1) is 0 Å². The second-order valence-corrected chi connectivity index (χ2v) is 22.9. The molecule has 3 rings (SSSR count). The highest BCUT2D eigenvalue weighted by atomic mass is 16.6. The highest BCUT2D eigenvalue weighted by Gasteiger charge is 2.30. The average molecular weight is 1300 g/mol.